The van der Waals surface area contributed by atoms with E-state index < -0.39 is 10.0 Å². The second kappa shape index (κ2) is 7.58. The Bertz CT molecular complexity index is 428. The fourth-order valence-electron chi connectivity index (χ4n) is 2.96. The van der Waals surface area contributed by atoms with Crippen LogP contribution in [0.25, 0.3) is 0 Å². The molecule has 0 atom stereocenters. The fraction of sp³-hybridized carbons (Fsp3) is 0.933. The van der Waals surface area contributed by atoms with Gasteiger partial charge in [0.25, 0.3) is 0 Å². The van der Waals surface area contributed by atoms with Gasteiger partial charge < -0.3 is 5.32 Å². The lowest BCUT2D eigenvalue weighted by atomic mass is 9.88. The number of carbonyl (C=O) groups excluding carboxylic acids is 1. The molecule has 0 radical (unpaired) electrons. The van der Waals surface area contributed by atoms with E-state index in [-0.39, 0.29) is 23.1 Å². The number of rotatable bonds is 7. The molecule has 1 amide bonds. The van der Waals surface area contributed by atoms with Crippen molar-refractivity contribution in [1.29, 1.82) is 0 Å². The highest BCUT2D eigenvalue weighted by atomic mass is 32.2. The van der Waals surface area contributed by atoms with E-state index in [0.29, 0.717) is 25.9 Å². The first-order chi connectivity index (χ1) is 9.84. The van der Waals surface area contributed by atoms with E-state index in [2.05, 4.69) is 26.1 Å². The van der Waals surface area contributed by atoms with Gasteiger partial charge in [-0.3, -0.25) is 4.79 Å². The number of hydrogen-bond acceptors (Lipinski definition) is 3. The second-order valence-electron chi connectivity index (χ2n) is 5.90. The summed E-state index contributed by atoms with van der Waals surface area (Å²) in [6.45, 7) is 8.89. The molecule has 1 heterocycles. The van der Waals surface area contributed by atoms with Gasteiger partial charge in [-0.1, -0.05) is 20.8 Å². The van der Waals surface area contributed by atoms with Crippen molar-refractivity contribution < 1.29 is 13.2 Å². The van der Waals surface area contributed by atoms with Crippen LogP contribution in [0.15, 0.2) is 0 Å². The number of piperidine rings is 1. The third-order valence-corrected chi connectivity index (χ3v) is 6.88. The molecule has 5 nitrogen and oxygen atoms in total. The SMILES string of the molecule is CCC(CC)(CC)NC(=O)C1CCN(S(=O)(=O)CC)CC1. The van der Waals surface area contributed by atoms with Crippen LogP contribution in [0.1, 0.15) is 59.8 Å². The van der Waals surface area contributed by atoms with Crippen molar-refractivity contribution in [3.63, 3.8) is 0 Å². The maximum absolute atomic E-state index is 12.4. The number of nitrogens with zero attached hydrogens (tertiary/aromatic N) is 1. The van der Waals surface area contributed by atoms with Crippen LogP contribution in [0, 0.1) is 5.92 Å². The van der Waals surface area contributed by atoms with Gasteiger partial charge in [-0.25, -0.2) is 12.7 Å². The molecule has 0 unspecified atom stereocenters. The highest BCUT2D eigenvalue weighted by Crippen LogP contribution is 2.24. The maximum atomic E-state index is 12.4. The van der Waals surface area contributed by atoms with Crippen molar-refractivity contribution in [3.05, 3.63) is 0 Å². The van der Waals surface area contributed by atoms with Gasteiger partial charge in [-0.05, 0) is 39.0 Å². The zero-order valence-corrected chi connectivity index (χ0v) is 14.6. The van der Waals surface area contributed by atoms with Gasteiger partial charge >= 0.3 is 0 Å². The largest absolute Gasteiger partial charge is 0.350 e. The summed E-state index contributed by atoms with van der Waals surface area (Å²) in [6, 6.07) is 0. The number of nitrogens with one attached hydrogen (secondary N) is 1. The van der Waals surface area contributed by atoms with Crippen LogP contribution >= 0.6 is 0 Å². The van der Waals surface area contributed by atoms with Crippen molar-refractivity contribution in [1.82, 2.24) is 9.62 Å². The van der Waals surface area contributed by atoms with Crippen LogP contribution in [0.5, 0.6) is 0 Å². The zero-order valence-electron chi connectivity index (χ0n) is 13.8. The standard InChI is InChI=1S/C15H30N2O3S/c1-5-15(6-2,7-3)16-14(18)13-9-11-17(12-10-13)21(19,20)8-4/h13H,5-12H2,1-4H3,(H,16,18). The Hall–Kier alpha value is -0.620. The molecule has 1 aliphatic heterocycles. The molecule has 0 bridgehead atoms. The monoisotopic (exact) mass is 318 g/mol. The van der Waals surface area contributed by atoms with Crippen LogP contribution in [-0.2, 0) is 14.8 Å². The van der Waals surface area contributed by atoms with Crippen molar-refractivity contribution >= 4 is 15.9 Å². The second-order valence-corrected chi connectivity index (χ2v) is 8.16. The summed E-state index contributed by atoms with van der Waals surface area (Å²) < 4.78 is 25.2. The average molecular weight is 318 g/mol. The van der Waals surface area contributed by atoms with E-state index in [1.165, 1.54) is 4.31 Å². The molecule has 6 heteroatoms. The maximum Gasteiger partial charge on any atom is 0.223 e. The van der Waals surface area contributed by atoms with E-state index in [0.717, 1.165) is 19.3 Å². The topological polar surface area (TPSA) is 66.5 Å². The molecule has 1 fully saturated rings. The first kappa shape index (κ1) is 18.4. The Morgan fingerprint density at radius 1 is 1.10 bits per heavy atom. The number of sulfonamides is 1. The van der Waals surface area contributed by atoms with Gasteiger partial charge in [0.05, 0.1) is 5.75 Å². The molecular formula is C15H30N2O3S. The zero-order chi connectivity index (χ0) is 16.1. The summed E-state index contributed by atoms with van der Waals surface area (Å²) in [6.07, 6.45) is 4.02. The lowest BCUT2D eigenvalue weighted by Crippen LogP contribution is -2.51. The lowest BCUT2D eigenvalue weighted by molar-refractivity contribution is -0.128. The molecule has 1 rings (SSSR count). The molecule has 0 aromatic carbocycles. The Labute approximate surface area is 129 Å². The summed E-state index contributed by atoms with van der Waals surface area (Å²) in [5.74, 6) is 0.167. The summed E-state index contributed by atoms with van der Waals surface area (Å²) in [5, 5.41) is 3.21. The predicted octanol–water partition coefficient (Wildman–Crippen LogP) is 2.13. The van der Waals surface area contributed by atoms with Crippen LogP contribution in [-0.4, -0.2) is 43.0 Å². The van der Waals surface area contributed by atoms with Crippen LogP contribution in [0.4, 0.5) is 0 Å². The molecule has 0 saturated carbocycles. The Morgan fingerprint density at radius 2 is 1.57 bits per heavy atom. The van der Waals surface area contributed by atoms with Gasteiger partial charge in [-0.15, -0.1) is 0 Å². The quantitative estimate of drug-likeness (QED) is 0.782. The Morgan fingerprint density at radius 3 is 1.95 bits per heavy atom. The average Bonchev–Trinajstić information content (AvgIpc) is 2.52. The smallest absolute Gasteiger partial charge is 0.223 e. The van der Waals surface area contributed by atoms with E-state index >= 15 is 0 Å². The molecule has 1 saturated heterocycles. The van der Waals surface area contributed by atoms with Gasteiger partial charge in [-0.2, -0.15) is 0 Å². The van der Waals surface area contributed by atoms with Crippen LogP contribution < -0.4 is 5.32 Å². The van der Waals surface area contributed by atoms with Gasteiger partial charge in [0.1, 0.15) is 0 Å². The Kier molecular flexibility index (Phi) is 6.66. The van der Waals surface area contributed by atoms with Crippen molar-refractivity contribution in [2.45, 2.75) is 65.3 Å². The van der Waals surface area contributed by atoms with Gasteiger partial charge in [0.2, 0.25) is 15.9 Å². The molecule has 1 aliphatic rings. The van der Waals surface area contributed by atoms with Crippen molar-refractivity contribution in [2.24, 2.45) is 5.92 Å². The van der Waals surface area contributed by atoms with Crippen molar-refractivity contribution in [3.8, 4) is 0 Å². The van der Waals surface area contributed by atoms with E-state index in [9.17, 15) is 13.2 Å². The minimum atomic E-state index is -3.12. The van der Waals surface area contributed by atoms with E-state index in [1.54, 1.807) is 6.92 Å². The van der Waals surface area contributed by atoms with E-state index in [1.807, 2.05) is 0 Å². The van der Waals surface area contributed by atoms with Crippen LogP contribution in [0.2, 0.25) is 0 Å². The first-order valence-corrected chi connectivity index (χ1v) is 9.74. The molecule has 1 N–H and O–H groups in total. The van der Waals surface area contributed by atoms with Gasteiger partial charge in [0.15, 0.2) is 0 Å². The normalized spacial score (nSPS) is 18.7. The first-order valence-electron chi connectivity index (χ1n) is 8.14. The molecule has 0 aromatic rings. The lowest BCUT2D eigenvalue weighted by Gasteiger charge is -2.36. The number of carbonyl (C=O) groups is 1. The van der Waals surface area contributed by atoms with Crippen LogP contribution in [0.3, 0.4) is 0 Å². The Balaban J connectivity index is 2.60. The minimum absolute atomic E-state index is 0.0580. The summed E-state index contributed by atoms with van der Waals surface area (Å²) in [5.41, 5.74) is -0.107. The fourth-order valence-corrected chi connectivity index (χ4v) is 4.09. The third kappa shape index (κ3) is 4.42. The summed E-state index contributed by atoms with van der Waals surface area (Å²) in [4.78, 5) is 12.4. The number of amides is 1. The predicted molar refractivity (Wildman–Crippen MR) is 85.5 cm³/mol. The summed E-state index contributed by atoms with van der Waals surface area (Å²) >= 11 is 0. The minimum Gasteiger partial charge on any atom is -0.350 e. The molecule has 0 spiro atoms. The molecule has 124 valence electrons. The highest BCUT2D eigenvalue weighted by Gasteiger charge is 2.33. The van der Waals surface area contributed by atoms with E-state index in [4.69, 9.17) is 0 Å². The summed E-state index contributed by atoms with van der Waals surface area (Å²) in [7, 11) is -3.12. The van der Waals surface area contributed by atoms with Gasteiger partial charge in [0, 0.05) is 24.5 Å². The molecular weight excluding hydrogens is 288 g/mol. The molecule has 0 aliphatic carbocycles. The molecule has 0 aromatic heterocycles. The third-order valence-electron chi connectivity index (χ3n) is 5.00. The van der Waals surface area contributed by atoms with Crippen molar-refractivity contribution in [2.75, 3.05) is 18.8 Å². The number of hydrogen-bond donors (Lipinski definition) is 1. The highest BCUT2D eigenvalue weighted by molar-refractivity contribution is 7.89. The molecule has 21 heavy (non-hydrogen) atoms.